The van der Waals surface area contributed by atoms with Gasteiger partial charge in [-0.15, -0.1) is 11.3 Å². The topological polar surface area (TPSA) is 38.9 Å². The van der Waals surface area contributed by atoms with Gasteiger partial charge >= 0.3 is 0 Å². The van der Waals surface area contributed by atoms with E-state index in [2.05, 4.69) is 170 Å². The lowest BCUT2D eigenvalue weighted by Gasteiger charge is -2.11. The summed E-state index contributed by atoms with van der Waals surface area (Å²) in [4.78, 5) is 10.8. The summed E-state index contributed by atoms with van der Waals surface area (Å²) in [5, 5.41) is 5.63. The van der Waals surface area contributed by atoms with Crippen molar-refractivity contribution < 1.29 is 4.42 Å². The Morgan fingerprint density at radius 1 is 0.407 bits per heavy atom. The molecule has 4 heteroatoms. The molecular weight excluding hydrogens is 677 g/mol. The standard InChI is InChI=1S/C50H30N2OS/c1-3-11-31(12-4-1)33-19-21-34(22-20-33)39-28-42(50-51-47(35-14-5-2-6-15-35)49-48(52-50)41-17-9-10-18-45(41)54-49)46-40-26-25-38(29-43(40)53-44(46)30-39)37-24-23-32-13-7-8-16-36(32)27-37/h1-30H. The van der Waals surface area contributed by atoms with Crippen molar-refractivity contribution in [3.05, 3.63) is 182 Å². The van der Waals surface area contributed by atoms with Crippen LogP contribution in [0.25, 0.3) is 109 Å². The van der Waals surface area contributed by atoms with Gasteiger partial charge in [-0.3, -0.25) is 0 Å². The van der Waals surface area contributed by atoms with Gasteiger partial charge in [0.2, 0.25) is 0 Å². The Hall–Kier alpha value is -6.88. The first-order valence-electron chi connectivity index (χ1n) is 18.1. The van der Waals surface area contributed by atoms with E-state index >= 15 is 0 Å². The number of nitrogens with zero attached hydrogens (tertiary/aromatic N) is 2. The minimum atomic E-state index is 0.680. The van der Waals surface area contributed by atoms with Crippen molar-refractivity contribution in [2.45, 2.75) is 0 Å². The van der Waals surface area contributed by atoms with Gasteiger partial charge in [0.25, 0.3) is 0 Å². The summed E-state index contributed by atoms with van der Waals surface area (Å²) < 4.78 is 9.11. The second kappa shape index (κ2) is 12.4. The first kappa shape index (κ1) is 30.7. The molecule has 0 amide bonds. The third-order valence-corrected chi connectivity index (χ3v) is 11.7. The number of aromatic nitrogens is 2. The van der Waals surface area contributed by atoms with Crippen LogP contribution in [0, 0.1) is 0 Å². The molecule has 0 saturated heterocycles. The average molecular weight is 707 g/mol. The van der Waals surface area contributed by atoms with Gasteiger partial charge in [0.1, 0.15) is 11.2 Å². The zero-order valence-corrected chi connectivity index (χ0v) is 29.8. The van der Waals surface area contributed by atoms with Crippen molar-refractivity contribution in [3.63, 3.8) is 0 Å². The molecule has 8 aromatic carbocycles. The maximum absolute atomic E-state index is 6.82. The maximum Gasteiger partial charge on any atom is 0.161 e. The predicted molar refractivity (Wildman–Crippen MR) is 227 cm³/mol. The van der Waals surface area contributed by atoms with Gasteiger partial charge in [-0.2, -0.15) is 0 Å². The van der Waals surface area contributed by atoms with Crippen LogP contribution in [0.2, 0.25) is 0 Å². The number of benzene rings is 8. The molecule has 3 nitrogen and oxygen atoms in total. The lowest BCUT2D eigenvalue weighted by molar-refractivity contribution is 0.669. The zero-order valence-electron chi connectivity index (χ0n) is 29.0. The SMILES string of the molecule is c1ccc(-c2ccc(-c3cc(-c4nc(-c5ccccc5)c5sc6ccccc6c5n4)c4c(c3)oc3cc(-c5ccc6ccccc6c5)ccc34)cc2)cc1. The molecule has 11 aromatic rings. The Balaban J connectivity index is 1.16. The van der Waals surface area contributed by atoms with Crippen LogP contribution in [0.5, 0.6) is 0 Å². The molecule has 0 aliphatic heterocycles. The molecule has 0 saturated carbocycles. The molecule has 0 aliphatic carbocycles. The lowest BCUT2D eigenvalue weighted by Crippen LogP contribution is -1.95. The third kappa shape index (κ3) is 5.11. The normalized spacial score (nSPS) is 11.7. The number of furan rings is 1. The molecule has 0 unspecified atom stereocenters. The van der Waals surface area contributed by atoms with Crippen molar-refractivity contribution in [1.29, 1.82) is 0 Å². The van der Waals surface area contributed by atoms with Crippen LogP contribution in [0.3, 0.4) is 0 Å². The van der Waals surface area contributed by atoms with Crippen molar-refractivity contribution >= 4 is 64.4 Å². The highest BCUT2D eigenvalue weighted by atomic mass is 32.1. The number of fused-ring (bicyclic) bond motifs is 7. The fraction of sp³-hybridized carbons (Fsp3) is 0. The quantitative estimate of drug-likeness (QED) is 0.179. The predicted octanol–water partition coefficient (Wildman–Crippen LogP) is 14.2. The highest BCUT2D eigenvalue weighted by Gasteiger charge is 2.21. The van der Waals surface area contributed by atoms with E-state index in [0.717, 1.165) is 76.6 Å². The van der Waals surface area contributed by atoms with Crippen LogP contribution >= 0.6 is 11.3 Å². The molecule has 0 atom stereocenters. The fourth-order valence-corrected chi connectivity index (χ4v) is 8.94. The molecule has 54 heavy (non-hydrogen) atoms. The van der Waals surface area contributed by atoms with Crippen LogP contribution in [-0.4, -0.2) is 9.97 Å². The maximum atomic E-state index is 6.82. The van der Waals surface area contributed by atoms with E-state index in [1.165, 1.54) is 26.6 Å². The fourth-order valence-electron chi connectivity index (χ4n) is 7.79. The van der Waals surface area contributed by atoms with Gasteiger partial charge < -0.3 is 4.42 Å². The molecule has 0 fully saturated rings. The van der Waals surface area contributed by atoms with E-state index in [1.54, 1.807) is 11.3 Å². The summed E-state index contributed by atoms with van der Waals surface area (Å²) in [6.07, 6.45) is 0. The lowest BCUT2D eigenvalue weighted by atomic mass is 9.95. The number of thiophene rings is 1. The molecule has 252 valence electrons. The van der Waals surface area contributed by atoms with E-state index in [9.17, 15) is 0 Å². The second-order valence-corrected chi connectivity index (χ2v) is 14.8. The van der Waals surface area contributed by atoms with Crippen LogP contribution in [0.15, 0.2) is 186 Å². The van der Waals surface area contributed by atoms with E-state index in [-0.39, 0.29) is 0 Å². The van der Waals surface area contributed by atoms with Crippen molar-refractivity contribution in [2.75, 3.05) is 0 Å². The Kier molecular flexibility index (Phi) is 7.04. The minimum Gasteiger partial charge on any atom is -0.456 e. The second-order valence-electron chi connectivity index (χ2n) is 13.8. The highest BCUT2D eigenvalue weighted by Crippen LogP contribution is 2.44. The Morgan fingerprint density at radius 3 is 1.83 bits per heavy atom. The Labute approximate surface area is 315 Å². The molecular formula is C50H30N2OS. The summed E-state index contributed by atoms with van der Waals surface area (Å²) in [5.41, 5.74) is 12.3. The first-order chi connectivity index (χ1) is 26.7. The highest BCUT2D eigenvalue weighted by molar-refractivity contribution is 7.26. The first-order valence-corrected chi connectivity index (χ1v) is 19.0. The molecule has 3 aromatic heterocycles. The molecule has 0 aliphatic rings. The summed E-state index contributed by atoms with van der Waals surface area (Å²) >= 11 is 1.75. The van der Waals surface area contributed by atoms with Crippen molar-refractivity contribution in [1.82, 2.24) is 9.97 Å². The third-order valence-electron chi connectivity index (χ3n) is 10.5. The monoisotopic (exact) mass is 706 g/mol. The van der Waals surface area contributed by atoms with E-state index in [0.29, 0.717) is 5.82 Å². The minimum absolute atomic E-state index is 0.680. The van der Waals surface area contributed by atoms with E-state index in [4.69, 9.17) is 14.4 Å². The summed E-state index contributed by atoms with van der Waals surface area (Å²) in [7, 11) is 0. The largest absolute Gasteiger partial charge is 0.456 e. The van der Waals surface area contributed by atoms with Gasteiger partial charge in [-0.1, -0.05) is 146 Å². The Morgan fingerprint density at radius 2 is 1.02 bits per heavy atom. The summed E-state index contributed by atoms with van der Waals surface area (Å²) in [6, 6.07) is 64.3. The van der Waals surface area contributed by atoms with Gasteiger partial charge in [0.15, 0.2) is 5.82 Å². The smallest absolute Gasteiger partial charge is 0.161 e. The van der Waals surface area contributed by atoms with Crippen molar-refractivity contribution in [3.8, 4) is 56.0 Å². The number of rotatable bonds is 5. The molecule has 0 N–H and O–H groups in total. The summed E-state index contributed by atoms with van der Waals surface area (Å²) in [5.74, 6) is 0.680. The molecule has 0 spiro atoms. The van der Waals surface area contributed by atoms with Crippen LogP contribution in [0.1, 0.15) is 0 Å². The van der Waals surface area contributed by atoms with Crippen LogP contribution in [-0.2, 0) is 0 Å². The molecule has 0 radical (unpaired) electrons. The van der Waals surface area contributed by atoms with Gasteiger partial charge in [0.05, 0.1) is 15.9 Å². The van der Waals surface area contributed by atoms with Gasteiger partial charge in [0, 0.05) is 32.0 Å². The molecule has 0 bridgehead atoms. The molecule has 11 rings (SSSR count). The van der Waals surface area contributed by atoms with Gasteiger partial charge in [-0.25, -0.2) is 9.97 Å². The van der Waals surface area contributed by atoms with E-state index in [1.807, 2.05) is 12.1 Å². The number of hydrogen-bond donors (Lipinski definition) is 0. The van der Waals surface area contributed by atoms with Crippen molar-refractivity contribution in [2.24, 2.45) is 0 Å². The summed E-state index contributed by atoms with van der Waals surface area (Å²) in [6.45, 7) is 0. The van der Waals surface area contributed by atoms with E-state index < -0.39 is 0 Å². The van der Waals surface area contributed by atoms with Crippen LogP contribution in [0.4, 0.5) is 0 Å². The number of hydrogen-bond acceptors (Lipinski definition) is 4. The zero-order chi connectivity index (χ0) is 35.6. The average Bonchev–Trinajstić information content (AvgIpc) is 3.81. The Bertz CT molecular complexity index is 3200. The van der Waals surface area contributed by atoms with Crippen LogP contribution < -0.4 is 0 Å². The van der Waals surface area contributed by atoms with Gasteiger partial charge in [-0.05, 0) is 80.6 Å². The molecule has 3 heterocycles.